The third-order valence-corrected chi connectivity index (χ3v) is 5.70. The van der Waals surface area contributed by atoms with Gasteiger partial charge in [-0.05, 0) is 30.5 Å². The first-order chi connectivity index (χ1) is 9.23. The smallest absolute Gasteiger partial charge is 0.177 e. The molecule has 0 aliphatic rings. The Morgan fingerprint density at radius 1 is 1.00 bits per heavy atom. The number of rotatable bonds is 4. The molecule has 0 aliphatic heterocycles. The van der Waals surface area contributed by atoms with Crippen LogP contribution < -0.4 is 5.32 Å². The van der Waals surface area contributed by atoms with Crippen LogP contribution in [0.5, 0.6) is 0 Å². The van der Waals surface area contributed by atoms with Gasteiger partial charge in [-0.3, -0.25) is 0 Å². The lowest BCUT2D eigenvalue weighted by Crippen LogP contribution is -2.31. The molecule has 0 fully saturated rings. The highest BCUT2D eigenvalue weighted by molar-refractivity contribution is 7.91. The molecule has 1 rings (SSSR count). The quantitative estimate of drug-likeness (QED) is 0.915. The number of hydrogen-bond donors (Lipinski definition) is 1. The fourth-order valence-electron chi connectivity index (χ4n) is 1.61. The highest BCUT2D eigenvalue weighted by Gasteiger charge is 2.23. The fraction of sp³-hybridized carbons (Fsp3) is 0.571. The lowest BCUT2D eigenvalue weighted by Gasteiger charge is -2.29. The summed E-state index contributed by atoms with van der Waals surface area (Å²) in [4.78, 5) is -0.00147. The Morgan fingerprint density at radius 2 is 1.52 bits per heavy atom. The van der Waals surface area contributed by atoms with Crippen LogP contribution in [0.3, 0.4) is 0 Å². The van der Waals surface area contributed by atoms with Crippen LogP contribution in [-0.2, 0) is 19.7 Å². The lowest BCUT2D eigenvalue weighted by atomic mass is 9.88. The van der Waals surface area contributed by atoms with Crippen molar-refractivity contribution in [2.24, 2.45) is 5.41 Å². The van der Waals surface area contributed by atoms with E-state index in [1.165, 1.54) is 18.2 Å². The standard InChI is InChI=1S/C14H23NO4S2/c1-10(14(2,3)4)15-12-8-7-11(20(5,16)17)9-13(12)21(6,18)19/h7-10,15H,1-6H3. The average Bonchev–Trinajstić information content (AvgIpc) is 2.25. The molecule has 5 nitrogen and oxygen atoms in total. The van der Waals surface area contributed by atoms with Crippen molar-refractivity contribution >= 4 is 25.4 Å². The average molecular weight is 333 g/mol. The molecule has 0 aromatic heterocycles. The highest BCUT2D eigenvalue weighted by atomic mass is 32.2. The van der Waals surface area contributed by atoms with Gasteiger partial charge in [0, 0.05) is 18.6 Å². The van der Waals surface area contributed by atoms with Crippen molar-refractivity contribution in [1.82, 2.24) is 0 Å². The summed E-state index contributed by atoms with van der Waals surface area (Å²) >= 11 is 0. The van der Waals surface area contributed by atoms with Gasteiger partial charge in [0.1, 0.15) is 0 Å². The summed E-state index contributed by atoms with van der Waals surface area (Å²) in [5.41, 5.74) is 0.358. The largest absolute Gasteiger partial charge is 0.381 e. The SMILES string of the molecule is CC(Nc1ccc(S(C)(=O)=O)cc1S(C)(=O)=O)C(C)(C)C. The monoisotopic (exact) mass is 333 g/mol. The fourth-order valence-corrected chi connectivity index (χ4v) is 3.20. The lowest BCUT2D eigenvalue weighted by molar-refractivity contribution is 0.359. The van der Waals surface area contributed by atoms with Crippen molar-refractivity contribution < 1.29 is 16.8 Å². The molecule has 1 aromatic rings. The van der Waals surface area contributed by atoms with E-state index < -0.39 is 19.7 Å². The second-order valence-corrected chi connectivity index (χ2v) is 10.4. The van der Waals surface area contributed by atoms with Crippen molar-refractivity contribution in [3.8, 4) is 0 Å². The van der Waals surface area contributed by atoms with Gasteiger partial charge in [-0.15, -0.1) is 0 Å². The van der Waals surface area contributed by atoms with E-state index in [-0.39, 0.29) is 21.2 Å². The van der Waals surface area contributed by atoms with E-state index in [1.807, 2.05) is 27.7 Å². The van der Waals surface area contributed by atoms with E-state index in [4.69, 9.17) is 0 Å². The Hall–Kier alpha value is -1.08. The minimum Gasteiger partial charge on any atom is -0.381 e. The molecule has 0 bridgehead atoms. The first-order valence-corrected chi connectivity index (χ1v) is 10.3. The molecule has 0 aliphatic carbocycles. The van der Waals surface area contributed by atoms with Crippen molar-refractivity contribution in [2.75, 3.05) is 17.8 Å². The summed E-state index contributed by atoms with van der Waals surface area (Å²) in [6.45, 7) is 8.07. The summed E-state index contributed by atoms with van der Waals surface area (Å²) in [5.74, 6) is 0. The molecule has 0 radical (unpaired) electrons. The van der Waals surface area contributed by atoms with Gasteiger partial charge in [-0.2, -0.15) is 0 Å². The molecular formula is C14H23NO4S2. The van der Waals surface area contributed by atoms with Gasteiger partial charge < -0.3 is 5.32 Å². The van der Waals surface area contributed by atoms with Crippen molar-refractivity contribution in [3.05, 3.63) is 18.2 Å². The summed E-state index contributed by atoms with van der Waals surface area (Å²) in [7, 11) is -6.99. The second-order valence-electron chi connectivity index (χ2n) is 6.43. The van der Waals surface area contributed by atoms with Crippen LogP contribution >= 0.6 is 0 Å². The van der Waals surface area contributed by atoms with Crippen LogP contribution in [0.1, 0.15) is 27.7 Å². The third-order valence-electron chi connectivity index (χ3n) is 3.45. The number of benzene rings is 1. The number of nitrogens with one attached hydrogen (secondary N) is 1. The van der Waals surface area contributed by atoms with Gasteiger partial charge in [-0.25, -0.2) is 16.8 Å². The van der Waals surface area contributed by atoms with Crippen molar-refractivity contribution in [3.63, 3.8) is 0 Å². The van der Waals surface area contributed by atoms with Crippen LogP contribution in [0, 0.1) is 5.41 Å². The van der Waals surface area contributed by atoms with E-state index in [0.717, 1.165) is 12.5 Å². The molecule has 0 spiro atoms. The van der Waals surface area contributed by atoms with E-state index in [2.05, 4.69) is 5.32 Å². The van der Waals surface area contributed by atoms with Crippen LogP contribution in [0.2, 0.25) is 0 Å². The molecule has 0 saturated carbocycles. The van der Waals surface area contributed by atoms with Gasteiger partial charge >= 0.3 is 0 Å². The molecule has 0 heterocycles. The van der Waals surface area contributed by atoms with Crippen LogP contribution in [0.25, 0.3) is 0 Å². The molecule has 1 N–H and O–H groups in total. The predicted octanol–water partition coefficient (Wildman–Crippen LogP) is 2.34. The normalized spacial score (nSPS) is 14.8. The maximum atomic E-state index is 11.9. The van der Waals surface area contributed by atoms with Crippen molar-refractivity contribution in [2.45, 2.75) is 43.5 Å². The summed E-state index contributed by atoms with van der Waals surface area (Å²) in [6, 6.07) is 4.15. The van der Waals surface area contributed by atoms with Crippen LogP contribution in [0.4, 0.5) is 5.69 Å². The highest BCUT2D eigenvalue weighted by Crippen LogP contribution is 2.29. The van der Waals surface area contributed by atoms with Crippen molar-refractivity contribution in [1.29, 1.82) is 0 Å². The number of sulfone groups is 2. The van der Waals surface area contributed by atoms with Gasteiger partial charge in [0.25, 0.3) is 0 Å². The number of hydrogen-bond acceptors (Lipinski definition) is 5. The molecule has 120 valence electrons. The van der Waals surface area contributed by atoms with Crippen LogP contribution in [-0.4, -0.2) is 35.4 Å². The van der Waals surface area contributed by atoms with E-state index in [0.29, 0.717) is 5.69 Å². The zero-order valence-corrected chi connectivity index (χ0v) is 14.9. The summed E-state index contributed by atoms with van der Waals surface area (Å²) < 4.78 is 47.0. The Morgan fingerprint density at radius 3 is 1.90 bits per heavy atom. The first kappa shape index (κ1) is 18.0. The van der Waals surface area contributed by atoms with Gasteiger partial charge in [0.05, 0.1) is 15.5 Å². The van der Waals surface area contributed by atoms with E-state index in [1.54, 1.807) is 0 Å². The first-order valence-electron chi connectivity index (χ1n) is 6.53. The zero-order valence-electron chi connectivity index (χ0n) is 13.3. The van der Waals surface area contributed by atoms with Crippen LogP contribution in [0.15, 0.2) is 28.0 Å². The van der Waals surface area contributed by atoms with E-state index >= 15 is 0 Å². The molecule has 0 amide bonds. The maximum absolute atomic E-state index is 11.9. The third kappa shape index (κ3) is 4.71. The minimum absolute atomic E-state index is 0.00141. The topological polar surface area (TPSA) is 80.3 Å². The summed E-state index contributed by atoms with van der Waals surface area (Å²) in [5, 5.41) is 3.16. The summed E-state index contributed by atoms with van der Waals surface area (Å²) in [6.07, 6.45) is 2.13. The molecular weight excluding hydrogens is 310 g/mol. The minimum atomic E-state index is -3.53. The molecule has 0 saturated heterocycles. The molecule has 1 aromatic carbocycles. The zero-order chi connectivity index (χ0) is 16.6. The second kappa shape index (κ2) is 5.61. The maximum Gasteiger partial charge on any atom is 0.177 e. The molecule has 1 unspecified atom stereocenters. The molecule has 21 heavy (non-hydrogen) atoms. The molecule has 1 atom stereocenters. The van der Waals surface area contributed by atoms with Gasteiger partial charge in [-0.1, -0.05) is 20.8 Å². The molecule has 7 heteroatoms. The number of anilines is 1. The Kier molecular flexibility index (Phi) is 4.80. The Balaban J connectivity index is 3.41. The van der Waals surface area contributed by atoms with E-state index in [9.17, 15) is 16.8 Å². The van der Waals surface area contributed by atoms with Gasteiger partial charge in [0.2, 0.25) is 0 Å². The predicted molar refractivity (Wildman–Crippen MR) is 85.2 cm³/mol. The Labute approximate surface area is 127 Å². The van der Waals surface area contributed by atoms with Gasteiger partial charge in [0.15, 0.2) is 19.7 Å². The Bertz CT molecular complexity index is 729.